The van der Waals surface area contributed by atoms with E-state index in [4.69, 9.17) is 19.5 Å². The number of carbonyl (C=O) groups is 3. The molecule has 2 bridgehead atoms. The van der Waals surface area contributed by atoms with Gasteiger partial charge in [0.05, 0.1) is 48.5 Å². The Balaban J connectivity index is 0.882. The van der Waals surface area contributed by atoms with E-state index in [2.05, 4.69) is 63.8 Å². The molecule has 11 nitrogen and oxygen atoms in total. The summed E-state index contributed by atoms with van der Waals surface area (Å²) in [5, 5.41) is 6.27. The molecule has 0 radical (unpaired) electrons. The smallest absolute Gasteiger partial charge is 0.306 e. The summed E-state index contributed by atoms with van der Waals surface area (Å²) >= 11 is 1.63. The molecule has 2 aromatic heterocycles. The van der Waals surface area contributed by atoms with Crippen LogP contribution in [0.1, 0.15) is 74.3 Å². The standard InChI is InChI=1S/C44H50N6O5S/c1-26(54-2)34(23-39(51)55-3)44(53)50-19-4-5-37(50)42-48-25-36(49-42)30-12-10-28(11-13-30)27-6-8-29(9-7-27)33-22-35(47-24-33)40-31-14-15-32(21-31)41(40)43(52)46-17-16-38-45-18-20-56-38/h6-13,18,20,24-26,31-32,34,37,40-41H,4-5,14-17,19,21-23H2,1-3H3,(H,46,52)(H,48,49)/t26-,31?,32?,34+,37+,40?,41+/m1/s1. The Hall–Kier alpha value is -4.94. The Kier molecular flexibility index (Phi) is 11.3. The first kappa shape index (κ1) is 38.0. The molecule has 1 saturated heterocycles. The summed E-state index contributed by atoms with van der Waals surface area (Å²) in [6.45, 7) is 3.04. The summed E-state index contributed by atoms with van der Waals surface area (Å²) < 4.78 is 10.3. The predicted octanol–water partition coefficient (Wildman–Crippen LogP) is 7.28. The fraction of sp³-hybridized carbons (Fsp3) is 0.455. The minimum absolute atomic E-state index is 0.0129. The highest BCUT2D eigenvalue weighted by atomic mass is 32.1. The lowest BCUT2D eigenvalue weighted by Gasteiger charge is -2.30. The van der Waals surface area contributed by atoms with Crippen molar-refractivity contribution in [3.05, 3.63) is 88.9 Å². The molecule has 2 N–H and O–H groups in total. The summed E-state index contributed by atoms with van der Waals surface area (Å²) in [6, 6.07) is 16.9. The number of H-pyrrole nitrogens is 1. The number of nitrogens with one attached hydrogen (secondary N) is 2. The summed E-state index contributed by atoms with van der Waals surface area (Å²) in [5.74, 6) is 0.978. The van der Waals surface area contributed by atoms with Gasteiger partial charge in [-0.25, -0.2) is 9.97 Å². The van der Waals surface area contributed by atoms with Crippen molar-refractivity contribution < 1.29 is 23.9 Å². The number of thiazole rings is 1. The molecule has 2 amide bonds. The Labute approximate surface area is 332 Å². The molecule has 4 aliphatic rings. The van der Waals surface area contributed by atoms with Crippen molar-refractivity contribution >= 4 is 40.4 Å². The number of allylic oxidation sites excluding steroid dienone is 1. The molecule has 3 unspecified atom stereocenters. The molecule has 8 rings (SSSR count). The first-order valence-corrected chi connectivity index (χ1v) is 20.8. The van der Waals surface area contributed by atoms with Crippen molar-refractivity contribution in [2.75, 3.05) is 27.3 Å². The molecule has 2 aromatic carbocycles. The number of hydrogen-bond acceptors (Lipinski definition) is 9. The van der Waals surface area contributed by atoms with Gasteiger partial charge in [-0.2, -0.15) is 0 Å². The first-order valence-electron chi connectivity index (χ1n) is 19.9. The Morgan fingerprint density at radius 2 is 1.70 bits per heavy atom. The minimum atomic E-state index is -0.630. The zero-order valence-electron chi connectivity index (χ0n) is 32.3. The van der Waals surface area contributed by atoms with Gasteiger partial charge in [0, 0.05) is 68.4 Å². The van der Waals surface area contributed by atoms with Crippen LogP contribution in [-0.2, 0) is 30.3 Å². The van der Waals surface area contributed by atoms with Gasteiger partial charge in [0.15, 0.2) is 0 Å². The average Bonchev–Trinajstić information content (AvgIpc) is 4.09. The average molecular weight is 775 g/mol. The summed E-state index contributed by atoms with van der Waals surface area (Å²) in [5.41, 5.74) is 7.66. The Bertz CT molecular complexity index is 2090. The van der Waals surface area contributed by atoms with Gasteiger partial charge in [0.25, 0.3) is 0 Å². The molecular formula is C44H50N6O5S. The number of amides is 2. The van der Waals surface area contributed by atoms with Crippen LogP contribution in [-0.4, -0.2) is 76.8 Å². The third kappa shape index (κ3) is 7.73. The zero-order chi connectivity index (χ0) is 38.8. The fourth-order valence-electron chi connectivity index (χ4n) is 9.54. The van der Waals surface area contributed by atoms with Gasteiger partial charge < -0.3 is 24.7 Å². The second kappa shape index (κ2) is 16.7. The second-order valence-electron chi connectivity index (χ2n) is 15.7. The van der Waals surface area contributed by atoms with Crippen LogP contribution >= 0.6 is 11.3 Å². The number of fused-ring (bicyclic) bond motifs is 2. The number of rotatable bonds is 14. The van der Waals surface area contributed by atoms with E-state index in [1.807, 2.05) is 35.8 Å². The van der Waals surface area contributed by atoms with Gasteiger partial charge in [-0.3, -0.25) is 19.4 Å². The van der Waals surface area contributed by atoms with Crippen LogP contribution in [0.25, 0.3) is 28.0 Å². The molecule has 12 heteroatoms. The number of methoxy groups -OCH3 is 2. The number of aromatic nitrogens is 3. The van der Waals surface area contributed by atoms with Crippen LogP contribution in [0.3, 0.4) is 0 Å². The van der Waals surface area contributed by atoms with Gasteiger partial charge in [0.2, 0.25) is 11.8 Å². The number of likely N-dealkylation sites (tertiary alicyclic amines) is 1. The third-order valence-electron chi connectivity index (χ3n) is 12.6. The van der Waals surface area contributed by atoms with Crippen molar-refractivity contribution in [2.24, 2.45) is 34.6 Å². The van der Waals surface area contributed by atoms with Gasteiger partial charge >= 0.3 is 5.97 Å². The van der Waals surface area contributed by atoms with Gasteiger partial charge in [-0.05, 0) is 78.7 Å². The number of aromatic amines is 1. The lowest BCUT2D eigenvalue weighted by atomic mass is 9.75. The van der Waals surface area contributed by atoms with E-state index in [0.29, 0.717) is 24.9 Å². The highest BCUT2D eigenvalue weighted by Crippen LogP contribution is 2.54. The van der Waals surface area contributed by atoms with Gasteiger partial charge in [-0.1, -0.05) is 48.5 Å². The largest absolute Gasteiger partial charge is 0.469 e. The van der Waals surface area contributed by atoms with Gasteiger partial charge in [-0.15, -0.1) is 11.3 Å². The first-order chi connectivity index (χ1) is 27.3. The quantitative estimate of drug-likeness (QED) is 0.128. The Morgan fingerprint density at radius 1 is 0.964 bits per heavy atom. The SMILES string of the molecule is COC(=O)C[C@H](C(=O)N1CCC[C@H]1c1ncc(-c2ccc(-c3ccc(C4=CN=C(C5C6CCC(C6)[C@@H]5C(=O)NCCc5nccs5)C4)cc3)cc2)[nH]1)[C@@H](C)OC. The summed E-state index contributed by atoms with van der Waals surface area (Å²) in [7, 11) is 2.88. The van der Waals surface area contributed by atoms with Crippen molar-refractivity contribution in [2.45, 2.75) is 70.4 Å². The van der Waals surface area contributed by atoms with Crippen molar-refractivity contribution in [1.29, 1.82) is 0 Å². The molecule has 7 atom stereocenters. The van der Waals surface area contributed by atoms with Crippen LogP contribution in [0, 0.1) is 29.6 Å². The third-order valence-corrected chi connectivity index (χ3v) is 13.4. The molecular weight excluding hydrogens is 725 g/mol. The molecule has 2 saturated carbocycles. The van der Waals surface area contributed by atoms with Crippen LogP contribution in [0.4, 0.5) is 0 Å². The molecule has 2 aliphatic heterocycles. The molecule has 4 aromatic rings. The number of nitrogens with zero attached hydrogens (tertiary/aromatic N) is 4. The van der Waals surface area contributed by atoms with E-state index >= 15 is 0 Å². The molecule has 3 fully saturated rings. The van der Waals surface area contributed by atoms with Crippen LogP contribution in [0.2, 0.25) is 0 Å². The van der Waals surface area contributed by atoms with E-state index < -0.39 is 18.0 Å². The lowest BCUT2D eigenvalue weighted by Crippen LogP contribution is -2.41. The maximum atomic E-state index is 13.7. The van der Waals surface area contributed by atoms with Crippen LogP contribution in [0.15, 0.2) is 77.5 Å². The molecule has 56 heavy (non-hydrogen) atoms. The zero-order valence-corrected chi connectivity index (χ0v) is 33.1. The summed E-state index contributed by atoms with van der Waals surface area (Å²) in [4.78, 5) is 58.6. The van der Waals surface area contributed by atoms with E-state index in [1.54, 1.807) is 18.4 Å². The van der Waals surface area contributed by atoms with Crippen molar-refractivity contribution in [3.8, 4) is 22.4 Å². The topological polar surface area (TPSA) is 139 Å². The molecule has 0 spiro atoms. The highest BCUT2D eigenvalue weighted by molar-refractivity contribution is 7.09. The number of imidazole rings is 1. The predicted molar refractivity (Wildman–Crippen MR) is 216 cm³/mol. The summed E-state index contributed by atoms with van der Waals surface area (Å²) in [6.07, 6.45) is 11.9. The number of esters is 1. The molecule has 2 aliphatic carbocycles. The number of benzene rings is 2. The minimum Gasteiger partial charge on any atom is -0.469 e. The Morgan fingerprint density at radius 3 is 2.41 bits per heavy atom. The lowest BCUT2D eigenvalue weighted by molar-refractivity contribution is -0.151. The van der Waals surface area contributed by atoms with Gasteiger partial charge in [0.1, 0.15) is 5.82 Å². The van der Waals surface area contributed by atoms with E-state index in [1.165, 1.54) is 24.8 Å². The molecule has 4 heterocycles. The highest BCUT2D eigenvalue weighted by Gasteiger charge is 2.52. The fourth-order valence-corrected chi connectivity index (χ4v) is 10.2. The molecule has 292 valence electrons. The second-order valence-corrected chi connectivity index (χ2v) is 16.6. The van der Waals surface area contributed by atoms with Crippen LogP contribution < -0.4 is 5.32 Å². The monoisotopic (exact) mass is 774 g/mol. The maximum Gasteiger partial charge on any atom is 0.306 e. The number of aliphatic imine (C=N–C) groups is 1. The number of ether oxygens (including phenoxy) is 2. The van der Waals surface area contributed by atoms with E-state index in [9.17, 15) is 14.4 Å². The van der Waals surface area contributed by atoms with Crippen molar-refractivity contribution in [3.63, 3.8) is 0 Å². The normalized spacial score (nSPS) is 23.8. The van der Waals surface area contributed by atoms with E-state index in [-0.39, 0.29) is 36.1 Å². The number of carbonyl (C=O) groups excluding carboxylic acids is 3. The van der Waals surface area contributed by atoms with Crippen LogP contribution in [0.5, 0.6) is 0 Å². The van der Waals surface area contributed by atoms with Crippen molar-refractivity contribution in [1.82, 2.24) is 25.2 Å². The van der Waals surface area contributed by atoms with E-state index in [0.717, 1.165) is 77.3 Å². The maximum absolute atomic E-state index is 13.7. The number of hydrogen-bond donors (Lipinski definition) is 2.